The third-order valence-corrected chi connectivity index (χ3v) is 4.87. The fourth-order valence-electron chi connectivity index (χ4n) is 3.23. The summed E-state index contributed by atoms with van der Waals surface area (Å²) in [7, 11) is 1.72. The number of carbonyl (C=O) groups excluding carboxylic acids is 1. The predicted molar refractivity (Wildman–Crippen MR) is 114 cm³/mol. The second-order valence-corrected chi connectivity index (χ2v) is 7.00. The first kappa shape index (κ1) is 18.9. The highest BCUT2D eigenvalue weighted by molar-refractivity contribution is 6.29. The highest BCUT2D eigenvalue weighted by Crippen LogP contribution is 2.38. The van der Waals surface area contributed by atoms with Crippen molar-refractivity contribution in [2.24, 2.45) is 0 Å². The van der Waals surface area contributed by atoms with Gasteiger partial charge in [0, 0.05) is 42.8 Å². The van der Waals surface area contributed by atoms with Gasteiger partial charge in [0.1, 0.15) is 11.0 Å². The maximum atomic E-state index is 13.2. The zero-order valence-corrected chi connectivity index (χ0v) is 17.0. The van der Waals surface area contributed by atoms with Gasteiger partial charge in [0.15, 0.2) is 5.82 Å². The molecule has 3 aromatic rings. The van der Waals surface area contributed by atoms with Gasteiger partial charge in [0.05, 0.1) is 11.3 Å². The number of anilines is 3. The molecular formula is C22H18ClN5O. The van der Waals surface area contributed by atoms with Crippen LogP contribution < -0.4 is 9.80 Å². The SMILES string of the molecule is CCN1c2ncc(C#Cc3ccnc(C)c3)cc2C(=O)N(C)c2ccc(Cl)nc21. The van der Waals surface area contributed by atoms with E-state index in [4.69, 9.17) is 11.6 Å². The van der Waals surface area contributed by atoms with Crippen molar-refractivity contribution in [3.63, 3.8) is 0 Å². The van der Waals surface area contributed by atoms with Gasteiger partial charge in [-0.25, -0.2) is 9.97 Å². The van der Waals surface area contributed by atoms with E-state index in [9.17, 15) is 4.79 Å². The molecule has 0 saturated carbocycles. The van der Waals surface area contributed by atoms with Crippen molar-refractivity contribution in [1.82, 2.24) is 15.0 Å². The third kappa shape index (κ3) is 3.53. The molecule has 4 heterocycles. The van der Waals surface area contributed by atoms with E-state index in [1.54, 1.807) is 42.5 Å². The van der Waals surface area contributed by atoms with Crippen molar-refractivity contribution in [2.45, 2.75) is 13.8 Å². The van der Waals surface area contributed by atoms with Gasteiger partial charge >= 0.3 is 0 Å². The summed E-state index contributed by atoms with van der Waals surface area (Å²) >= 11 is 6.11. The van der Waals surface area contributed by atoms with E-state index in [0.717, 1.165) is 11.3 Å². The fourth-order valence-corrected chi connectivity index (χ4v) is 3.38. The Kier molecular flexibility index (Phi) is 4.91. The lowest BCUT2D eigenvalue weighted by Crippen LogP contribution is -2.25. The summed E-state index contributed by atoms with van der Waals surface area (Å²) in [6, 6.07) is 9.01. The standard InChI is InChI=1S/C22H18ClN5O/c1-4-28-20-17(22(29)27(3)18-7-8-19(23)26-21(18)28)12-16(13-25-20)6-5-15-9-10-24-14(2)11-15/h7-13H,4H2,1-3H3. The summed E-state index contributed by atoms with van der Waals surface area (Å²) in [6.07, 6.45) is 3.40. The molecule has 0 bridgehead atoms. The number of amides is 1. The number of hydrogen-bond acceptors (Lipinski definition) is 5. The van der Waals surface area contributed by atoms with Crippen LogP contribution in [0.25, 0.3) is 0 Å². The van der Waals surface area contributed by atoms with Crippen LogP contribution in [0.2, 0.25) is 5.15 Å². The predicted octanol–water partition coefficient (Wildman–Crippen LogP) is 3.98. The van der Waals surface area contributed by atoms with Crippen LogP contribution in [0, 0.1) is 18.8 Å². The number of aromatic nitrogens is 3. The van der Waals surface area contributed by atoms with Crippen molar-refractivity contribution in [3.05, 3.63) is 70.3 Å². The molecule has 6 nitrogen and oxygen atoms in total. The molecule has 144 valence electrons. The first-order chi connectivity index (χ1) is 14.0. The smallest absolute Gasteiger partial charge is 0.261 e. The number of nitrogens with zero attached hydrogens (tertiary/aromatic N) is 5. The Morgan fingerprint density at radius 2 is 1.86 bits per heavy atom. The topological polar surface area (TPSA) is 62.2 Å². The summed E-state index contributed by atoms with van der Waals surface area (Å²) in [5.74, 6) is 7.17. The minimum atomic E-state index is -0.169. The Morgan fingerprint density at radius 3 is 2.62 bits per heavy atom. The lowest BCUT2D eigenvalue weighted by molar-refractivity contribution is 0.0994. The molecule has 1 amide bonds. The fraction of sp³-hybridized carbons (Fsp3) is 0.182. The zero-order valence-electron chi connectivity index (χ0n) is 16.3. The molecule has 1 aliphatic rings. The average Bonchev–Trinajstić information content (AvgIpc) is 2.80. The number of halogens is 1. The highest BCUT2D eigenvalue weighted by Gasteiger charge is 2.30. The number of rotatable bonds is 1. The molecule has 4 rings (SSSR count). The van der Waals surface area contributed by atoms with Crippen LogP contribution in [0.4, 0.5) is 17.3 Å². The summed E-state index contributed by atoms with van der Waals surface area (Å²) in [5, 5.41) is 0.363. The number of hydrogen-bond donors (Lipinski definition) is 0. The lowest BCUT2D eigenvalue weighted by atomic mass is 10.1. The molecule has 0 saturated heterocycles. The van der Waals surface area contributed by atoms with Gasteiger partial charge in [-0.1, -0.05) is 23.4 Å². The summed E-state index contributed by atoms with van der Waals surface area (Å²) in [6.45, 7) is 4.48. The molecule has 0 aliphatic carbocycles. The Morgan fingerprint density at radius 1 is 1.07 bits per heavy atom. The molecule has 7 heteroatoms. The molecule has 0 unspecified atom stereocenters. The largest absolute Gasteiger partial charge is 0.309 e. The maximum Gasteiger partial charge on any atom is 0.261 e. The van der Waals surface area contributed by atoms with Crippen LogP contribution in [-0.2, 0) is 0 Å². The second kappa shape index (κ2) is 7.53. The molecule has 1 aliphatic heterocycles. The van der Waals surface area contributed by atoms with Crippen molar-refractivity contribution >= 4 is 34.8 Å². The van der Waals surface area contributed by atoms with E-state index in [0.29, 0.717) is 40.1 Å². The van der Waals surface area contributed by atoms with Gasteiger partial charge in [-0.2, -0.15) is 0 Å². The molecule has 3 aromatic heterocycles. The van der Waals surface area contributed by atoms with Crippen molar-refractivity contribution in [1.29, 1.82) is 0 Å². The van der Waals surface area contributed by atoms with Crippen molar-refractivity contribution in [2.75, 3.05) is 23.4 Å². The first-order valence-corrected chi connectivity index (χ1v) is 9.52. The van der Waals surface area contributed by atoms with Gasteiger partial charge in [0.2, 0.25) is 0 Å². The quantitative estimate of drug-likeness (QED) is 0.454. The van der Waals surface area contributed by atoms with Crippen LogP contribution in [0.5, 0.6) is 0 Å². The summed E-state index contributed by atoms with van der Waals surface area (Å²) in [4.78, 5) is 29.8. The van der Waals surface area contributed by atoms with Gasteiger partial charge in [-0.15, -0.1) is 0 Å². The lowest BCUT2D eigenvalue weighted by Gasteiger charge is -2.22. The van der Waals surface area contributed by atoms with E-state index in [2.05, 4.69) is 26.8 Å². The van der Waals surface area contributed by atoms with Gasteiger partial charge in [-0.3, -0.25) is 9.78 Å². The van der Waals surface area contributed by atoms with Gasteiger partial charge < -0.3 is 9.80 Å². The molecular weight excluding hydrogens is 386 g/mol. The second-order valence-electron chi connectivity index (χ2n) is 6.62. The van der Waals surface area contributed by atoms with E-state index in [1.165, 1.54) is 0 Å². The Bertz CT molecular complexity index is 1180. The molecule has 0 aromatic carbocycles. The van der Waals surface area contributed by atoms with Crippen LogP contribution in [-0.4, -0.2) is 34.5 Å². The number of aryl methyl sites for hydroxylation is 1. The zero-order chi connectivity index (χ0) is 20.5. The van der Waals surface area contributed by atoms with Crippen LogP contribution in [0.15, 0.2) is 42.7 Å². The minimum absolute atomic E-state index is 0.169. The highest BCUT2D eigenvalue weighted by atomic mass is 35.5. The van der Waals surface area contributed by atoms with Crippen molar-refractivity contribution in [3.8, 4) is 11.8 Å². The number of pyridine rings is 3. The number of carbonyl (C=O) groups is 1. The minimum Gasteiger partial charge on any atom is -0.309 e. The monoisotopic (exact) mass is 403 g/mol. The van der Waals surface area contributed by atoms with Crippen molar-refractivity contribution < 1.29 is 4.79 Å². The molecule has 0 fully saturated rings. The number of fused-ring (bicyclic) bond motifs is 2. The Labute approximate surface area is 174 Å². The molecule has 0 N–H and O–H groups in total. The normalized spacial score (nSPS) is 12.6. The summed E-state index contributed by atoms with van der Waals surface area (Å²) < 4.78 is 0. The van der Waals surface area contributed by atoms with Crippen LogP contribution >= 0.6 is 11.6 Å². The van der Waals surface area contributed by atoms with Crippen LogP contribution in [0.3, 0.4) is 0 Å². The Balaban J connectivity index is 1.81. The molecule has 0 spiro atoms. The van der Waals surface area contributed by atoms with E-state index >= 15 is 0 Å². The maximum absolute atomic E-state index is 13.2. The van der Waals surface area contributed by atoms with E-state index < -0.39 is 0 Å². The first-order valence-electron chi connectivity index (χ1n) is 9.14. The van der Waals surface area contributed by atoms with E-state index in [-0.39, 0.29) is 5.91 Å². The summed E-state index contributed by atoms with van der Waals surface area (Å²) in [5.41, 5.74) is 3.57. The molecule has 0 atom stereocenters. The van der Waals surface area contributed by atoms with Gasteiger partial charge in [-0.05, 0) is 44.2 Å². The third-order valence-electron chi connectivity index (χ3n) is 4.66. The average molecular weight is 404 g/mol. The Hall–Kier alpha value is -3.43. The van der Waals surface area contributed by atoms with Crippen LogP contribution in [0.1, 0.15) is 34.1 Å². The molecule has 0 radical (unpaired) electrons. The van der Waals surface area contributed by atoms with E-state index in [1.807, 2.05) is 30.9 Å². The molecule has 29 heavy (non-hydrogen) atoms. The van der Waals surface area contributed by atoms with Gasteiger partial charge in [0.25, 0.3) is 5.91 Å².